The second-order valence-electron chi connectivity index (χ2n) is 6.06. The largest absolute Gasteiger partial charge is 0.492 e. The van der Waals surface area contributed by atoms with Gasteiger partial charge in [0, 0.05) is 5.02 Å². The molecule has 0 saturated heterocycles. The summed E-state index contributed by atoms with van der Waals surface area (Å²) >= 11 is 6.07. The Hall–Kier alpha value is -2.20. The van der Waals surface area contributed by atoms with E-state index in [1.165, 1.54) is 5.56 Å². The van der Waals surface area contributed by atoms with E-state index in [1.807, 2.05) is 50.2 Å². The molecule has 2 rings (SSSR count). The number of amides is 1. The first-order valence-corrected chi connectivity index (χ1v) is 9.33. The molecule has 0 bridgehead atoms. The van der Waals surface area contributed by atoms with Gasteiger partial charge in [-0.25, -0.2) is 0 Å². The lowest BCUT2D eigenvalue weighted by Crippen LogP contribution is -2.39. The average molecular weight is 376 g/mol. The monoisotopic (exact) mass is 375 g/mol. The lowest BCUT2D eigenvalue weighted by Gasteiger charge is -2.17. The summed E-state index contributed by atoms with van der Waals surface area (Å²) in [6.45, 7) is 6.74. The third-order valence-corrected chi connectivity index (χ3v) is 4.49. The summed E-state index contributed by atoms with van der Waals surface area (Å²) < 4.78 is 11.4. The minimum atomic E-state index is -0.517. The molecule has 4 nitrogen and oxygen atoms in total. The van der Waals surface area contributed by atoms with Gasteiger partial charge in [0.05, 0.1) is 6.54 Å². The molecule has 140 valence electrons. The van der Waals surface area contributed by atoms with Crippen LogP contribution in [0.2, 0.25) is 5.02 Å². The van der Waals surface area contributed by atoms with E-state index < -0.39 is 6.10 Å². The van der Waals surface area contributed by atoms with E-state index in [-0.39, 0.29) is 5.91 Å². The molecular weight excluding hydrogens is 350 g/mol. The molecule has 0 aromatic heterocycles. The van der Waals surface area contributed by atoms with Crippen molar-refractivity contribution in [1.29, 1.82) is 0 Å². The molecule has 0 spiro atoms. The number of hydrogen-bond donors (Lipinski definition) is 1. The number of rotatable bonds is 9. The molecule has 1 amide bonds. The first kappa shape index (κ1) is 20.1. The summed E-state index contributed by atoms with van der Waals surface area (Å²) in [5, 5.41) is 3.52. The number of carbonyl (C=O) groups is 1. The second kappa shape index (κ2) is 10.1. The summed E-state index contributed by atoms with van der Waals surface area (Å²) in [4.78, 5) is 12.3. The Kier molecular flexibility index (Phi) is 7.79. The molecule has 0 aliphatic rings. The first-order chi connectivity index (χ1) is 12.5. The van der Waals surface area contributed by atoms with E-state index in [4.69, 9.17) is 21.1 Å². The standard InChI is InChI=1S/C21H26ClNO3/c1-4-16-7-10-17(11-8-16)26-20(5-2)21(24)23-12-13-25-18-9-6-15(3)19(22)14-18/h6-11,14,20H,4-5,12-13H2,1-3H3,(H,23,24)/t20-/m1/s1. The molecule has 0 heterocycles. The lowest BCUT2D eigenvalue weighted by molar-refractivity contribution is -0.128. The van der Waals surface area contributed by atoms with Crippen LogP contribution in [0.4, 0.5) is 0 Å². The van der Waals surface area contributed by atoms with Crippen molar-refractivity contribution in [1.82, 2.24) is 5.32 Å². The van der Waals surface area contributed by atoms with Crippen LogP contribution in [0.15, 0.2) is 42.5 Å². The van der Waals surface area contributed by atoms with Crippen molar-refractivity contribution < 1.29 is 14.3 Å². The number of carbonyl (C=O) groups excluding carboxylic acids is 1. The number of hydrogen-bond acceptors (Lipinski definition) is 3. The van der Waals surface area contributed by atoms with Crippen LogP contribution in [0, 0.1) is 6.92 Å². The van der Waals surface area contributed by atoms with Gasteiger partial charge in [0.25, 0.3) is 5.91 Å². The molecule has 0 aliphatic carbocycles. The van der Waals surface area contributed by atoms with Crippen LogP contribution in [0.3, 0.4) is 0 Å². The van der Waals surface area contributed by atoms with Crippen molar-refractivity contribution >= 4 is 17.5 Å². The summed E-state index contributed by atoms with van der Waals surface area (Å²) in [5.74, 6) is 1.25. The highest BCUT2D eigenvalue weighted by Crippen LogP contribution is 2.21. The highest BCUT2D eigenvalue weighted by Gasteiger charge is 2.17. The number of benzene rings is 2. The molecule has 1 atom stereocenters. The molecule has 2 aromatic carbocycles. The van der Waals surface area contributed by atoms with Gasteiger partial charge in [-0.05, 0) is 55.2 Å². The van der Waals surface area contributed by atoms with Gasteiger partial charge in [-0.2, -0.15) is 0 Å². The minimum Gasteiger partial charge on any atom is -0.492 e. The van der Waals surface area contributed by atoms with Crippen LogP contribution in [0.1, 0.15) is 31.4 Å². The number of nitrogens with one attached hydrogen (secondary N) is 1. The molecule has 5 heteroatoms. The molecule has 2 aromatic rings. The van der Waals surface area contributed by atoms with Gasteiger partial charge in [-0.15, -0.1) is 0 Å². The normalized spacial score (nSPS) is 11.7. The summed E-state index contributed by atoms with van der Waals surface area (Å²) in [5.41, 5.74) is 2.24. The highest BCUT2D eigenvalue weighted by atomic mass is 35.5. The minimum absolute atomic E-state index is 0.141. The van der Waals surface area contributed by atoms with Crippen molar-refractivity contribution in [3.8, 4) is 11.5 Å². The molecule has 0 radical (unpaired) electrons. The molecule has 0 aliphatic heterocycles. The van der Waals surface area contributed by atoms with Crippen molar-refractivity contribution in [2.75, 3.05) is 13.2 Å². The summed E-state index contributed by atoms with van der Waals surface area (Å²) in [6.07, 6.45) is 1.05. The van der Waals surface area contributed by atoms with E-state index in [0.717, 1.165) is 12.0 Å². The Morgan fingerprint density at radius 1 is 1.12 bits per heavy atom. The lowest BCUT2D eigenvalue weighted by atomic mass is 10.2. The van der Waals surface area contributed by atoms with Crippen LogP contribution in [0.25, 0.3) is 0 Å². The quantitative estimate of drug-likeness (QED) is 0.653. The Balaban J connectivity index is 1.78. The van der Waals surface area contributed by atoms with Crippen LogP contribution in [-0.2, 0) is 11.2 Å². The van der Waals surface area contributed by atoms with Crippen LogP contribution < -0.4 is 14.8 Å². The van der Waals surface area contributed by atoms with E-state index in [1.54, 1.807) is 6.07 Å². The van der Waals surface area contributed by atoms with E-state index in [2.05, 4.69) is 12.2 Å². The fraction of sp³-hybridized carbons (Fsp3) is 0.381. The summed E-state index contributed by atoms with van der Waals surface area (Å²) in [7, 11) is 0. The molecular formula is C21H26ClNO3. The average Bonchev–Trinajstić information content (AvgIpc) is 2.66. The third-order valence-electron chi connectivity index (χ3n) is 4.09. The maximum atomic E-state index is 12.3. The Labute approximate surface area is 160 Å². The van der Waals surface area contributed by atoms with Gasteiger partial charge in [0.2, 0.25) is 0 Å². The molecule has 0 fully saturated rings. The zero-order valence-corrected chi connectivity index (χ0v) is 16.3. The Morgan fingerprint density at radius 3 is 2.42 bits per heavy atom. The zero-order chi connectivity index (χ0) is 18.9. The Morgan fingerprint density at radius 2 is 1.81 bits per heavy atom. The molecule has 26 heavy (non-hydrogen) atoms. The van der Waals surface area contributed by atoms with E-state index in [0.29, 0.717) is 36.1 Å². The fourth-order valence-corrected chi connectivity index (χ4v) is 2.58. The van der Waals surface area contributed by atoms with E-state index in [9.17, 15) is 4.79 Å². The van der Waals surface area contributed by atoms with Crippen molar-refractivity contribution in [2.24, 2.45) is 0 Å². The summed E-state index contributed by atoms with van der Waals surface area (Å²) in [6, 6.07) is 13.4. The second-order valence-corrected chi connectivity index (χ2v) is 6.47. The van der Waals surface area contributed by atoms with Crippen molar-refractivity contribution in [3.63, 3.8) is 0 Å². The maximum Gasteiger partial charge on any atom is 0.261 e. The van der Waals surface area contributed by atoms with Crippen LogP contribution in [-0.4, -0.2) is 25.2 Å². The Bertz CT molecular complexity index is 716. The number of halogens is 1. The third kappa shape index (κ3) is 5.95. The maximum absolute atomic E-state index is 12.3. The van der Waals surface area contributed by atoms with Gasteiger partial charge in [-0.1, -0.05) is 43.6 Å². The SMILES string of the molecule is CCc1ccc(O[C@H](CC)C(=O)NCCOc2ccc(C)c(Cl)c2)cc1. The number of aryl methyl sites for hydroxylation is 2. The molecule has 0 saturated carbocycles. The van der Waals surface area contributed by atoms with Crippen molar-refractivity contribution in [3.05, 3.63) is 58.6 Å². The fourth-order valence-electron chi connectivity index (χ4n) is 2.41. The van der Waals surface area contributed by atoms with Gasteiger partial charge in [0.1, 0.15) is 18.1 Å². The number of ether oxygens (including phenoxy) is 2. The van der Waals surface area contributed by atoms with Crippen molar-refractivity contribution in [2.45, 2.75) is 39.7 Å². The van der Waals surface area contributed by atoms with Gasteiger partial charge < -0.3 is 14.8 Å². The zero-order valence-electron chi connectivity index (χ0n) is 15.5. The smallest absolute Gasteiger partial charge is 0.261 e. The predicted octanol–water partition coefficient (Wildman–Crippen LogP) is 4.56. The molecule has 0 unspecified atom stereocenters. The van der Waals surface area contributed by atoms with Crippen LogP contribution in [0.5, 0.6) is 11.5 Å². The van der Waals surface area contributed by atoms with Gasteiger partial charge >= 0.3 is 0 Å². The highest BCUT2D eigenvalue weighted by molar-refractivity contribution is 6.31. The topological polar surface area (TPSA) is 47.6 Å². The first-order valence-electron chi connectivity index (χ1n) is 8.95. The van der Waals surface area contributed by atoms with Crippen LogP contribution >= 0.6 is 11.6 Å². The molecule has 1 N–H and O–H groups in total. The predicted molar refractivity (Wildman–Crippen MR) is 105 cm³/mol. The van der Waals surface area contributed by atoms with E-state index >= 15 is 0 Å². The van der Waals surface area contributed by atoms with Gasteiger partial charge in [0.15, 0.2) is 6.10 Å². The van der Waals surface area contributed by atoms with Gasteiger partial charge in [-0.3, -0.25) is 4.79 Å².